The van der Waals surface area contributed by atoms with Crippen molar-refractivity contribution in [1.82, 2.24) is 4.90 Å². The maximum atomic E-state index is 5.46. The first-order valence-corrected chi connectivity index (χ1v) is 5.31. The van der Waals surface area contributed by atoms with Gasteiger partial charge in [0.2, 0.25) is 0 Å². The maximum Gasteiger partial charge on any atom is 0.0618 e. The van der Waals surface area contributed by atoms with E-state index in [9.17, 15) is 0 Å². The second kappa shape index (κ2) is 6.35. The molecule has 0 saturated carbocycles. The van der Waals surface area contributed by atoms with E-state index in [0.717, 1.165) is 19.6 Å². The maximum absolute atomic E-state index is 5.46. The minimum absolute atomic E-state index is 0.669. The fourth-order valence-corrected chi connectivity index (χ4v) is 2.03. The predicted octanol–water partition coefficient (Wildman–Crippen LogP) is 0.836. The number of ether oxygens (including phenoxy) is 1. The van der Waals surface area contributed by atoms with Crippen LogP contribution in [0.1, 0.15) is 25.7 Å². The number of nitrogens with two attached hydrogens (primary N) is 1. The van der Waals surface area contributed by atoms with Crippen molar-refractivity contribution in [3.63, 3.8) is 0 Å². The standard InChI is InChI=1S/C10H22N2O/c1-13-9-10-5-4-8-12(10)7-3-2-6-11/h10H,2-9,11H2,1H3. The summed E-state index contributed by atoms with van der Waals surface area (Å²) < 4.78 is 5.20. The van der Waals surface area contributed by atoms with Crippen molar-refractivity contribution in [3.8, 4) is 0 Å². The van der Waals surface area contributed by atoms with Crippen molar-refractivity contribution in [2.24, 2.45) is 5.73 Å². The Kier molecular flexibility index (Phi) is 5.35. The van der Waals surface area contributed by atoms with Gasteiger partial charge in [0.05, 0.1) is 6.61 Å². The Balaban J connectivity index is 2.15. The monoisotopic (exact) mass is 186 g/mol. The smallest absolute Gasteiger partial charge is 0.0618 e. The molecule has 0 aromatic heterocycles. The first-order valence-electron chi connectivity index (χ1n) is 5.31. The lowest BCUT2D eigenvalue weighted by Crippen LogP contribution is -2.33. The molecule has 0 aromatic carbocycles. The highest BCUT2D eigenvalue weighted by Gasteiger charge is 2.23. The summed E-state index contributed by atoms with van der Waals surface area (Å²) in [5.41, 5.74) is 5.46. The van der Waals surface area contributed by atoms with E-state index < -0.39 is 0 Å². The van der Waals surface area contributed by atoms with Gasteiger partial charge in [0.15, 0.2) is 0 Å². The Morgan fingerprint density at radius 1 is 1.46 bits per heavy atom. The number of rotatable bonds is 6. The SMILES string of the molecule is COCC1CCCN1CCCCN. The highest BCUT2D eigenvalue weighted by atomic mass is 16.5. The minimum Gasteiger partial charge on any atom is -0.383 e. The first-order chi connectivity index (χ1) is 6.38. The van der Waals surface area contributed by atoms with E-state index in [2.05, 4.69) is 4.90 Å². The molecule has 3 heteroatoms. The molecule has 1 fully saturated rings. The summed E-state index contributed by atoms with van der Waals surface area (Å²) in [6, 6.07) is 0.669. The minimum atomic E-state index is 0.669. The van der Waals surface area contributed by atoms with Crippen molar-refractivity contribution in [2.45, 2.75) is 31.7 Å². The molecule has 0 bridgehead atoms. The average Bonchev–Trinajstić information content (AvgIpc) is 2.54. The summed E-state index contributed by atoms with van der Waals surface area (Å²) >= 11 is 0. The van der Waals surface area contributed by atoms with Crippen molar-refractivity contribution in [3.05, 3.63) is 0 Å². The largest absolute Gasteiger partial charge is 0.383 e. The van der Waals surface area contributed by atoms with E-state index in [0.29, 0.717) is 6.04 Å². The lowest BCUT2D eigenvalue weighted by Gasteiger charge is -2.23. The third-order valence-electron chi connectivity index (χ3n) is 2.76. The van der Waals surface area contributed by atoms with Crippen molar-refractivity contribution < 1.29 is 4.74 Å². The van der Waals surface area contributed by atoms with Crippen LogP contribution in [-0.4, -0.2) is 44.3 Å². The molecule has 2 N–H and O–H groups in total. The van der Waals surface area contributed by atoms with E-state index in [1.165, 1.54) is 32.4 Å². The predicted molar refractivity (Wildman–Crippen MR) is 54.8 cm³/mol. The van der Waals surface area contributed by atoms with Crippen LogP contribution in [-0.2, 0) is 4.74 Å². The Labute approximate surface area is 81.2 Å². The van der Waals surface area contributed by atoms with Gasteiger partial charge >= 0.3 is 0 Å². The van der Waals surface area contributed by atoms with Crippen molar-refractivity contribution in [2.75, 3.05) is 33.4 Å². The Morgan fingerprint density at radius 3 is 3.00 bits per heavy atom. The number of unbranched alkanes of at least 4 members (excludes halogenated alkanes) is 1. The second-order valence-electron chi connectivity index (χ2n) is 3.78. The third-order valence-corrected chi connectivity index (χ3v) is 2.76. The van der Waals surface area contributed by atoms with Crippen LogP contribution in [0.4, 0.5) is 0 Å². The van der Waals surface area contributed by atoms with Crippen LogP contribution in [0.5, 0.6) is 0 Å². The van der Waals surface area contributed by atoms with Crippen LogP contribution >= 0.6 is 0 Å². The molecule has 1 saturated heterocycles. The van der Waals surface area contributed by atoms with Crippen LogP contribution < -0.4 is 5.73 Å². The fraction of sp³-hybridized carbons (Fsp3) is 1.00. The zero-order chi connectivity index (χ0) is 9.52. The molecule has 0 amide bonds. The molecular weight excluding hydrogens is 164 g/mol. The molecule has 1 aliphatic heterocycles. The molecule has 3 nitrogen and oxygen atoms in total. The number of methoxy groups -OCH3 is 1. The van der Waals surface area contributed by atoms with Gasteiger partial charge in [-0.3, -0.25) is 4.90 Å². The molecule has 78 valence electrons. The molecule has 1 atom stereocenters. The van der Waals surface area contributed by atoms with Gasteiger partial charge in [-0.05, 0) is 45.3 Å². The van der Waals surface area contributed by atoms with Gasteiger partial charge in [-0.1, -0.05) is 0 Å². The summed E-state index contributed by atoms with van der Waals surface area (Å²) in [5, 5.41) is 0. The van der Waals surface area contributed by atoms with Crippen LogP contribution in [0.25, 0.3) is 0 Å². The topological polar surface area (TPSA) is 38.5 Å². The highest BCUT2D eigenvalue weighted by molar-refractivity contribution is 4.78. The van der Waals surface area contributed by atoms with Crippen molar-refractivity contribution >= 4 is 0 Å². The fourth-order valence-electron chi connectivity index (χ4n) is 2.03. The number of hydrogen-bond acceptors (Lipinski definition) is 3. The van der Waals surface area contributed by atoms with Gasteiger partial charge in [0, 0.05) is 13.2 Å². The van der Waals surface area contributed by atoms with E-state index in [-0.39, 0.29) is 0 Å². The van der Waals surface area contributed by atoms with Gasteiger partial charge in [-0.25, -0.2) is 0 Å². The van der Waals surface area contributed by atoms with Gasteiger partial charge in [-0.15, -0.1) is 0 Å². The van der Waals surface area contributed by atoms with E-state index in [4.69, 9.17) is 10.5 Å². The highest BCUT2D eigenvalue weighted by Crippen LogP contribution is 2.17. The third kappa shape index (κ3) is 3.63. The molecule has 1 aliphatic rings. The molecule has 1 rings (SSSR count). The molecule has 0 aromatic rings. The van der Waals surface area contributed by atoms with Crippen LogP contribution in [0.15, 0.2) is 0 Å². The lowest BCUT2D eigenvalue weighted by atomic mass is 10.2. The Morgan fingerprint density at radius 2 is 2.31 bits per heavy atom. The summed E-state index contributed by atoms with van der Waals surface area (Å²) in [6.07, 6.45) is 5.01. The molecule has 0 spiro atoms. The Hall–Kier alpha value is -0.120. The average molecular weight is 186 g/mol. The summed E-state index contributed by atoms with van der Waals surface area (Å²) in [4.78, 5) is 2.54. The van der Waals surface area contributed by atoms with Crippen LogP contribution in [0.2, 0.25) is 0 Å². The van der Waals surface area contributed by atoms with Gasteiger partial charge < -0.3 is 10.5 Å². The van der Waals surface area contributed by atoms with Gasteiger partial charge in [-0.2, -0.15) is 0 Å². The first kappa shape index (κ1) is 11.0. The zero-order valence-corrected chi connectivity index (χ0v) is 8.67. The van der Waals surface area contributed by atoms with Crippen LogP contribution in [0.3, 0.4) is 0 Å². The normalized spacial score (nSPS) is 24.0. The Bertz CT molecular complexity index is 130. The number of nitrogens with zero attached hydrogens (tertiary/aromatic N) is 1. The number of hydrogen-bond donors (Lipinski definition) is 1. The molecule has 1 heterocycles. The van der Waals surface area contributed by atoms with Gasteiger partial charge in [0.1, 0.15) is 0 Å². The summed E-state index contributed by atoms with van der Waals surface area (Å²) in [7, 11) is 1.79. The van der Waals surface area contributed by atoms with E-state index in [1.54, 1.807) is 7.11 Å². The lowest BCUT2D eigenvalue weighted by molar-refractivity contribution is 0.114. The van der Waals surface area contributed by atoms with E-state index >= 15 is 0 Å². The quantitative estimate of drug-likeness (QED) is 0.625. The second-order valence-corrected chi connectivity index (χ2v) is 3.78. The summed E-state index contributed by atoms with van der Waals surface area (Å²) in [6.45, 7) is 4.16. The molecule has 0 aliphatic carbocycles. The zero-order valence-electron chi connectivity index (χ0n) is 8.67. The molecular formula is C10H22N2O. The molecule has 13 heavy (non-hydrogen) atoms. The van der Waals surface area contributed by atoms with Crippen LogP contribution in [0, 0.1) is 0 Å². The van der Waals surface area contributed by atoms with Gasteiger partial charge in [0.25, 0.3) is 0 Å². The molecule has 0 radical (unpaired) electrons. The van der Waals surface area contributed by atoms with E-state index in [1.807, 2.05) is 0 Å². The number of likely N-dealkylation sites (tertiary alicyclic amines) is 1. The van der Waals surface area contributed by atoms with Crippen molar-refractivity contribution in [1.29, 1.82) is 0 Å². The molecule has 1 unspecified atom stereocenters. The summed E-state index contributed by atoms with van der Waals surface area (Å²) in [5.74, 6) is 0.